The highest BCUT2D eigenvalue weighted by Gasteiger charge is 2.28. The van der Waals surface area contributed by atoms with E-state index in [1.807, 2.05) is 6.92 Å². The van der Waals surface area contributed by atoms with Gasteiger partial charge in [0, 0.05) is 32.2 Å². The van der Waals surface area contributed by atoms with Crippen LogP contribution in [0.25, 0.3) is 0 Å². The fourth-order valence-electron chi connectivity index (χ4n) is 3.68. The summed E-state index contributed by atoms with van der Waals surface area (Å²) in [5.74, 6) is 1.10. The molecule has 28 heavy (non-hydrogen) atoms. The molecular weight excluding hydrogens is 376 g/mol. The lowest BCUT2D eigenvalue weighted by Gasteiger charge is -2.29. The van der Waals surface area contributed by atoms with Gasteiger partial charge in [0.1, 0.15) is 0 Å². The Morgan fingerprint density at radius 2 is 1.86 bits per heavy atom. The Hall–Kier alpha value is -1.64. The topological polar surface area (TPSA) is 94.0 Å². The Morgan fingerprint density at radius 3 is 2.46 bits per heavy atom. The van der Waals surface area contributed by atoms with E-state index in [4.69, 9.17) is 0 Å². The van der Waals surface area contributed by atoms with Gasteiger partial charge in [-0.25, -0.2) is 13.4 Å². The van der Waals surface area contributed by atoms with Gasteiger partial charge in [0.25, 0.3) is 0 Å². The molecular formula is C20H32N4O3S. The minimum absolute atomic E-state index is 0.0618. The van der Waals surface area contributed by atoms with Crippen molar-refractivity contribution in [3.8, 4) is 0 Å². The van der Waals surface area contributed by atoms with Gasteiger partial charge in [-0.2, -0.15) is 0 Å². The van der Waals surface area contributed by atoms with Gasteiger partial charge in [0.15, 0.2) is 15.8 Å². The van der Waals surface area contributed by atoms with Crippen molar-refractivity contribution >= 4 is 15.8 Å². The van der Waals surface area contributed by atoms with Crippen LogP contribution in [0.1, 0.15) is 37.3 Å². The van der Waals surface area contributed by atoms with E-state index >= 15 is 0 Å². The standard InChI is InChI=1S/C20H32N4O3S/c1-2-21-20(23-18-9-12-28(26,27)15-18)22-13-16-3-5-17(6-4-16)14-24-10-7-19(25)8-11-24/h3-6,18-19,25H,2,7-15H2,1H3,(H2,21,22,23). The fraction of sp³-hybridized carbons (Fsp3) is 0.650. The summed E-state index contributed by atoms with van der Waals surface area (Å²) < 4.78 is 23.3. The Labute approximate surface area is 168 Å². The number of aliphatic imine (C=N–C) groups is 1. The van der Waals surface area contributed by atoms with E-state index in [2.05, 4.69) is 44.8 Å². The SMILES string of the molecule is CCNC(=NCc1ccc(CN2CCC(O)CC2)cc1)NC1CCS(=O)(=O)C1. The summed E-state index contributed by atoms with van der Waals surface area (Å²) in [4.78, 5) is 6.99. The Morgan fingerprint density at radius 1 is 1.18 bits per heavy atom. The number of hydrogen-bond acceptors (Lipinski definition) is 5. The second-order valence-electron chi connectivity index (χ2n) is 7.76. The first-order valence-electron chi connectivity index (χ1n) is 10.2. The predicted octanol–water partition coefficient (Wildman–Crippen LogP) is 0.886. The first-order valence-corrected chi connectivity index (χ1v) is 12.0. The first-order chi connectivity index (χ1) is 13.4. The van der Waals surface area contributed by atoms with Gasteiger partial charge in [-0.3, -0.25) is 4.90 Å². The maximum Gasteiger partial charge on any atom is 0.191 e. The van der Waals surface area contributed by atoms with Crippen LogP contribution >= 0.6 is 0 Å². The highest BCUT2D eigenvalue weighted by molar-refractivity contribution is 7.91. The third-order valence-electron chi connectivity index (χ3n) is 5.32. The molecule has 2 saturated heterocycles. The minimum Gasteiger partial charge on any atom is -0.393 e. The number of hydrogen-bond donors (Lipinski definition) is 3. The van der Waals surface area contributed by atoms with Crippen molar-refractivity contribution in [3.63, 3.8) is 0 Å². The summed E-state index contributed by atoms with van der Waals surface area (Å²) in [5, 5.41) is 16.0. The smallest absolute Gasteiger partial charge is 0.191 e. The largest absolute Gasteiger partial charge is 0.393 e. The lowest BCUT2D eigenvalue weighted by Crippen LogP contribution is -2.44. The zero-order valence-corrected chi connectivity index (χ0v) is 17.4. The number of sulfone groups is 1. The van der Waals surface area contributed by atoms with Gasteiger partial charge in [0.2, 0.25) is 0 Å². The van der Waals surface area contributed by atoms with Gasteiger partial charge >= 0.3 is 0 Å². The second-order valence-corrected chi connectivity index (χ2v) is 9.99. The predicted molar refractivity (Wildman–Crippen MR) is 112 cm³/mol. The van der Waals surface area contributed by atoms with Crippen LogP contribution in [0.4, 0.5) is 0 Å². The molecule has 2 heterocycles. The minimum atomic E-state index is -2.91. The molecule has 156 valence electrons. The average Bonchev–Trinajstić information content (AvgIpc) is 3.01. The number of rotatable bonds is 6. The molecule has 3 rings (SSSR count). The third-order valence-corrected chi connectivity index (χ3v) is 7.09. The maximum absolute atomic E-state index is 11.6. The number of benzene rings is 1. The number of guanidine groups is 1. The van der Waals surface area contributed by atoms with E-state index in [-0.39, 0.29) is 23.7 Å². The van der Waals surface area contributed by atoms with Crippen molar-refractivity contribution in [2.75, 3.05) is 31.1 Å². The molecule has 0 spiro atoms. The van der Waals surface area contributed by atoms with Crippen molar-refractivity contribution < 1.29 is 13.5 Å². The molecule has 3 N–H and O–H groups in total. The van der Waals surface area contributed by atoms with E-state index in [0.717, 1.165) is 44.6 Å². The van der Waals surface area contributed by atoms with Crippen LogP contribution in [0, 0.1) is 0 Å². The Balaban J connectivity index is 1.52. The molecule has 0 bridgehead atoms. The summed E-state index contributed by atoms with van der Waals surface area (Å²) >= 11 is 0. The molecule has 1 aromatic carbocycles. The zero-order valence-electron chi connectivity index (χ0n) is 16.6. The van der Waals surface area contributed by atoms with Gasteiger partial charge in [0.05, 0.1) is 24.2 Å². The van der Waals surface area contributed by atoms with E-state index in [1.54, 1.807) is 0 Å². The highest BCUT2D eigenvalue weighted by Crippen LogP contribution is 2.15. The third kappa shape index (κ3) is 6.46. The molecule has 0 amide bonds. The van der Waals surface area contributed by atoms with Crippen LogP contribution in [0.5, 0.6) is 0 Å². The second kappa shape index (κ2) is 9.71. The normalized spacial score (nSPS) is 23.6. The van der Waals surface area contributed by atoms with Crippen molar-refractivity contribution in [3.05, 3.63) is 35.4 Å². The van der Waals surface area contributed by atoms with E-state index < -0.39 is 9.84 Å². The molecule has 0 radical (unpaired) electrons. The number of nitrogens with zero attached hydrogens (tertiary/aromatic N) is 2. The van der Waals surface area contributed by atoms with E-state index in [0.29, 0.717) is 18.9 Å². The Bertz CT molecular complexity index is 756. The summed E-state index contributed by atoms with van der Waals surface area (Å²) in [6.45, 7) is 6.08. The molecule has 1 aromatic rings. The zero-order chi connectivity index (χ0) is 20.0. The highest BCUT2D eigenvalue weighted by atomic mass is 32.2. The molecule has 2 fully saturated rings. The van der Waals surface area contributed by atoms with E-state index in [9.17, 15) is 13.5 Å². The number of likely N-dealkylation sites (tertiary alicyclic amines) is 1. The summed E-state index contributed by atoms with van der Waals surface area (Å²) in [6.07, 6.45) is 2.21. The average molecular weight is 409 g/mol. The molecule has 0 aliphatic carbocycles. The van der Waals surface area contributed by atoms with Crippen LogP contribution in [0.3, 0.4) is 0 Å². The number of aliphatic hydroxyl groups excluding tert-OH is 1. The van der Waals surface area contributed by atoms with Crippen LogP contribution in [0.2, 0.25) is 0 Å². The monoisotopic (exact) mass is 408 g/mol. The Kier molecular flexibility index (Phi) is 7.31. The van der Waals surface area contributed by atoms with Crippen molar-refractivity contribution in [1.29, 1.82) is 0 Å². The first kappa shape index (κ1) is 21.1. The molecule has 2 aliphatic rings. The summed E-state index contributed by atoms with van der Waals surface area (Å²) in [7, 11) is -2.91. The van der Waals surface area contributed by atoms with Crippen LogP contribution < -0.4 is 10.6 Å². The van der Waals surface area contributed by atoms with Crippen molar-refractivity contribution in [1.82, 2.24) is 15.5 Å². The van der Waals surface area contributed by atoms with Crippen LogP contribution in [-0.2, 0) is 22.9 Å². The van der Waals surface area contributed by atoms with Gasteiger partial charge < -0.3 is 15.7 Å². The lowest BCUT2D eigenvalue weighted by atomic mass is 10.1. The molecule has 0 aromatic heterocycles. The molecule has 2 aliphatic heterocycles. The molecule has 8 heteroatoms. The van der Waals surface area contributed by atoms with Gasteiger partial charge in [-0.1, -0.05) is 24.3 Å². The number of aliphatic hydroxyl groups is 1. The van der Waals surface area contributed by atoms with Crippen molar-refractivity contribution in [2.24, 2.45) is 4.99 Å². The van der Waals surface area contributed by atoms with Crippen LogP contribution in [0.15, 0.2) is 29.3 Å². The molecule has 1 unspecified atom stereocenters. The number of nitrogens with one attached hydrogen (secondary N) is 2. The lowest BCUT2D eigenvalue weighted by molar-refractivity contribution is 0.0792. The molecule has 7 nitrogen and oxygen atoms in total. The van der Waals surface area contributed by atoms with Gasteiger partial charge in [-0.05, 0) is 37.3 Å². The summed E-state index contributed by atoms with van der Waals surface area (Å²) in [5.41, 5.74) is 2.39. The quantitative estimate of drug-likeness (QED) is 0.478. The summed E-state index contributed by atoms with van der Waals surface area (Å²) in [6, 6.07) is 8.41. The van der Waals surface area contributed by atoms with Crippen LogP contribution in [-0.4, -0.2) is 67.7 Å². The van der Waals surface area contributed by atoms with Crippen molar-refractivity contribution in [2.45, 2.75) is 51.4 Å². The van der Waals surface area contributed by atoms with E-state index in [1.165, 1.54) is 5.56 Å². The molecule has 1 atom stereocenters. The maximum atomic E-state index is 11.6. The van der Waals surface area contributed by atoms with Gasteiger partial charge in [-0.15, -0.1) is 0 Å². The molecule has 0 saturated carbocycles. The number of piperidine rings is 1. The fourth-order valence-corrected chi connectivity index (χ4v) is 5.35.